The summed E-state index contributed by atoms with van der Waals surface area (Å²) >= 11 is 0. The van der Waals surface area contributed by atoms with Gasteiger partial charge in [0.1, 0.15) is 0 Å². The first-order chi connectivity index (χ1) is 29.1. The molecule has 0 aliphatic carbocycles. The Bertz CT molecular complexity index is 1230. The van der Waals surface area contributed by atoms with Crippen LogP contribution in [-0.4, -0.2) is 222 Å². The Morgan fingerprint density at radius 1 is 0.492 bits per heavy atom. The van der Waals surface area contributed by atoms with Gasteiger partial charge >= 0.3 is 0 Å². The van der Waals surface area contributed by atoms with Gasteiger partial charge in [0.15, 0.2) is 0 Å². The highest BCUT2D eigenvalue weighted by Gasteiger charge is 2.11. The molecule has 2 saturated heterocycles. The van der Waals surface area contributed by atoms with E-state index in [1.807, 2.05) is 12.4 Å². The van der Waals surface area contributed by atoms with Crippen LogP contribution in [0.1, 0.15) is 24.2 Å². The van der Waals surface area contributed by atoms with Crippen molar-refractivity contribution in [2.45, 2.75) is 38.8 Å². The first kappa shape index (κ1) is 48.4. The van der Waals surface area contributed by atoms with Crippen LogP contribution in [0.2, 0.25) is 0 Å². The Morgan fingerprint density at radius 2 is 0.831 bits per heavy atom. The number of hydrogen-bond donors (Lipinski definition) is 8. The summed E-state index contributed by atoms with van der Waals surface area (Å²) < 4.78 is 20.5. The Balaban J connectivity index is 0.920. The van der Waals surface area contributed by atoms with Crippen LogP contribution >= 0.6 is 0 Å². The average molecular weight is 835 g/mol. The molecule has 2 aliphatic heterocycles. The molecule has 4 heterocycles. The molecule has 0 spiro atoms. The number of nitrogens with one attached hydrogen (secondary N) is 8. The van der Waals surface area contributed by atoms with Crippen LogP contribution < -0.4 is 42.5 Å². The third-order valence-electron chi connectivity index (χ3n) is 9.90. The van der Waals surface area contributed by atoms with E-state index in [1.54, 1.807) is 9.36 Å². The minimum Gasteiger partial charge on any atom is -0.377 e. The van der Waals surface area contributed by atoms with Gasteiger partial charge in [-0.15, -0.1) is 10.2 Å². The second-order valence-corrected chi connectivity index (χ2v) is 14.7. The van der Waals surface area contributed by atoms with Crippen molar-refractivity contribution in [2.24, 2.45) is 0 Å². The monoisotopic (exact) mass is 835 g/mol. The number of carbonyl (C=O) groups excluding carboxylic acids is 2. The molecule has 0 bridgehead atoms. The van der Waals surface area contributed by atoms with E-state index in [4.69, 9.17) is 14.2 Å². The van der Waals surface area contributed by atoms with Crippen LogP contribution in [0.15, 0.2) is 12.4 Å². The standard InChI is InChI=1S/C38H74N16O5/c55-37(45-17-23-51-19-13-41-9-5-39-6-10-42-14-20-51)3-1-35-33-53(49-47-35)25-27-57-29-31-59-32-30-58-28-26-54-34-36(48-50-54)2-4-38(56)46-18-24-52-21-15-43-11-7-40-8-12-44-16-22-52/h33-34,39-44H,1-32H2,(H,45,55)(H,46,56). The molecule has 4 rings (SSSR count). The van der Waals surface area contributed by atoms with Crippen molar-refractivity contribution in [3.63, 3.8) is 0 Å². The summed E-state index contributed by atoms with van der Waals surface area (Å²) in [5.74, 6) is 0.0540. The lowest BCUT2D eigenvalue weighted by atomic mass is 10.2. The zero-order chi connectivity index (χ0) is 41.3. The number of aromatic nitrogens is 6. The van der Waals surface area contributed by atoms with E-state index in [0.29, 0.717) is 91.5 Å². The third kappa shape index (κ3) is 24.6. The maximum atomic E-state index is 12.5. The summed E-state index contributed by atoms with van der Waals surface area (Å²) in [6.45, 7) is 22.3. The molecular formula is C38H74N16O5. The van der Waals surface area contributed by atoms with Crippen molar-refractivity contribution in [3.05, 3.63) is 23.8 Å². The molecular weight excluding hydrogens is 761 g/mol. The normalized spacial score (nSPS) is 17.6. The number of ether oxygens (including phenoxy) is 3. The molecule has 8 N–H and O–H groups in total. The molecule has 2 aromatic rings. The number of hydrogen-bond acceptors (Lipinski definition) is 17. The van der Waals surface area contributed by atoms with Crippen molar-refractivity contribution in [2.75, 3.05) is 171 Å². The lowest BCUT2D eigenvalue weighted by Gasteiger charge is -2.23. The maximum absolute atomic E-state index is 12.5. The molecule has 0 unspecified atom stereocenters. The van der Waals surface area contributed by atoms with E-state index in [9.17, 15) is 9.59 Å². The lowest BCUT2D eigenvalue weighted by molar-refractivity contribution is -0.121. The molecule has 2 aliphatic rings. The highest BCUT2D eigenvalue weighted by atomic mass is 16.5. The largest absolute Gasteiger partial charge is 0.377 e. The molecule has 2 amide bonds. The molecule has 2 fully saturated rings. The van der Waals surface area contributed by atoms with E-state index in [-0.39, 0.29) is 11.8 Å². The summed E-state index contributed by atoms with van der Waals surface area (Å²) in [7, 11) is 0. The van der Waals surface area contributed by atoms with Crippen molar-refractivity contribution < 1.29 is 23.8 Å². The summed E-state index contributed by atoms with van der Waals surface area (Å²) in [6, 6.07) is 0. The van der Waals surface area contributed by atoms with Crippen molar-refractivity contribution in [1.29, 1.82) is 0 Å². The van der Waals surface area contributed by atoms with Gasteiger partial charge in [-0.25, -0.2) is 9.36 Å². The van der Waals surface area contributed by atoms with Gasteiger partial charge in [-0.3, -0.25) is 19.4 Å². The van der Waals surface area contributed by atoms with Gasteiger partial charge in [0.25, 0.3) is 0 Å². The van der Waals surface area contributed by atoms with Gasteiger partial charge in [0.2, 0.25) is 11.8 Å². The van der Waals surface area contributed by atoms with Crippen LogP contribution in [0.3, 0.4) is 0 Å². The Morgan fingerprint density at radius 3 is 1.20 bits per heavy atom. The van der Waals surface area contributed by atoms with Crippen molar-refractivity contribution in [1.82, 2.24) is 82.3 Å². The molecule has 0 aromatic carbocycles. The quantitative estimate of drug-likeness (QED) is 0.0471. The van der Waals surface area contributed by atoms with Gasteiger partial charge in [-0.2, -0.15) is 0 Å². The third-order valence-corrected chi connectivity index (χ3v) is 9.90. The smallest absolute Gasteiger partial charge is 0.220 e. The maximum Gasteiger partial charge on any atom is 0.220 e. The van der Waals surface area contributed by atoms with Crippen LogP contribution in [0, 0.1) is 0 Å². The first-order valence-corrected chi connectivity index (χ1v) is 21.9. The number of aryl methyl sites for hydroxylation is 2. The minimum absolute atomic E-state index is 0.0270. The van der Waals surface area contributed by atoms with E-state index >= 15 is 0 Å². The second kappa shape index (κ2) is 32.5. The summed E-state index contributed by atoms with van der Waals surface area (Å²) in [5, 5.41) is 43.5. The van der Waals surface area contributed by atoms with E-state index in [0.717, 1.165) is 129 Å². The Kier molecular flexibility index (Phi) is 26.7. The zero-order valence-corrected chi connectivity index (χ0v) is 35.4. The van der Waals surface area contributed by atoms with E-state index < -0.39 is 0 Å². The van der Waals surface area contributed by atoms with Gasteiger partial charge in [-0.05, 0) is 0 Å². The number of amides is 2. The van der Waals surface area contributed by atoms with Crippen LogP contribution in [0.4, 0.5) is 0 Å². The van der Waals surface area contributed by atoms with Crippen LogP contribution in [-0.2, 0) is 49.7 Å². The molecule has 21 nitrogen and oxygen atoms in total. The van der Waals surface area contributed by atoms with E-state index in [1.165, 1.54) is 0 Å². The highest BCUT2D eigenvalue weighted by molar-refractivity contribution is 5.76. The van der Waals surface area contributed by atoms with Crippen molar-refractivity contribution >= 4 is 11.8 Å². The van der Waals surface area contributed by atoms with Gasteiger partial charge in [-0.1, -0.05) is 10.4 Å². The number of rotatable bonds is 24. The molecule has 0 saturated carbocycles. The highest BCUT2D eigenvalue weighted by Crippen LogP contribution is 2.00. The summed E-state index contributed by atoms with van der Waals surface area (Å²) in [6.07, 6.45) is 5.59. The predicted molar refractivity (Wildman–Crippen MR) is 225 cm³/mol. The molecule has 0 radical (unpaired) electrons. The average Bonchev–Trinajstić information content (AvgIpc) is 3.89. The SMILES string of the molecule is O=C(CCc1cn(CCOCCOCCOCCn2cc(CCC(=O)NCCN3CCNCCNCCNCC3)nn2)nn1)NCCN1CCNCCNCCNCC1. The molecule has 0 atom stereocenters. The Labute approximate surface area is 350 Å². The van der Waals surface area contributed by atoms with Gasteiger partial charge < -0.3 is 56.7 Å². The molecule has 336 valence electrons. The number of nitrogens with zero attached hydrogens (tertiary/aromatic N) is 8. The second-order valence-electron chi connectivity index (χ2n) is 14.7. The fourth-order valence-corrected chi connectivity index (χ4v) is 6.43. The van der Waals surface area contributed by atoms with Gasteiger partial charge in [0, 0.05) is 169 Å². The first-order valence-electron chi connectivity index (χ1n) is 21.9. The zero-order valence-electron chi connectivity index (χ0n) is 35.4. The van der Waals surface area contributed by atoms with E-state index in [2.05, 4.69) is 73.0 Å². The Hall–Kier alpha value is -3.22. The molecule has 2 aromatic heterocycles. The number of carbonyl (C=O) groups is 2. The molecule has 59 heavy (non-hydrogen) atoms. The minimum atomic E-state index is 0.0270. The summed E-state index contributed by atoms with van der Waals surface area (Å²) in [4.78, 5) is 29.7. The topological polar surface area (TPSA) is 226 Å². The fraction of sp³-hybridized carbons (Fsp3) is 0.842. The van der Waals surface area contributed by atoms with Crippen LogP contribution in [0.5, 0.6) is 0 Å². The van der Waals surface area contributed by atoms with Gasteiger partial charge in [0.05, 0.1) is 64.1 Å². The fourth-order valence-electron chi connectivity index (χ4n) is 6.43. The lowest BCUT2D eigenvalue weighted by Crippen LogP contribution is -2.44. The molecule has 21 heteroatoms. The van der Waals surface area contributed by atoms with Crippen LogP contribution in [0.25, 0.3) is 0 Å². The summed E-state index contributed by atoms with van der Waals surface area (Å²) in [5.41, 5.74) is 1.58. The predicted octanol–water partition coefficient (Wildman–Crippen LogP) is -4.11. The van der Waals surface area contributed by atoms with Crippen molar-refractivity contribution in [3.8, 4) is 0 Å².